The summed E-state index contributed by atoms with van der Waals surface area (Å²) in [5.74, 6) is 0.755. The van der Waals surface area contributed by atoms with Gasteiger partial charge in [0, 0.05) is 29.3 Å². The van der Waals surface area contributed by atoms with Crippen molar-refractivity contribution < 1.29 is 23.6 Å². The highest BCUT2D eigenvalue weighted by molar-refractivity contribution is 6.05. The summed E-state index contributed by atoms with van der Waals surface area (Å²) in [6.45, 7) is 0. The Hall–Kier alpha value is -4.66. The zero-order valence-corrected chi connectivity index (χ0v) is 17.8. The number of methoxy groups -OCH3 is 2. The normalized spacial score (nSPS) is 11.3. The van der Waals surface area contributed by atoms with Crippen molar-refractivity contribution in [3.63, 3.8) is 0 Å². The van der Waals surface area contributed by atoms with E-state index in [2.05, 4.69) is 10.3 Å². The summed E-state index contributed by atoms with van der Waals surface area (Å²) < 4.78 is 16.3. The summed E-state index contributed by atoms with van der Waals surface area (Å²) in [6, 6.07) is 19.5. The van der Waals surface area contributed by atoms with Gasteiger partial charge in [-0.25, -0.2) is 4.99 Å². The number of fused-ring (bicyclic) bond motifs is 1. The predicted molar refractivity (Wildman–Crippen MR) is 122 cm³/mol. The zero-order valence-electron chi connectivity index (χ0n) is 17.8. The van der Waals surface area contributed by atoms with E-state index >= 15 is 0 Å². The van der Waals surface area contributed by atoms with Crippen LogP contribution in [0.2, 0.25) is 0 Å². The highest BCUT2D eigenvalue weighted by Gasteiger charge is 2.15. The van der Waals surface area contributed by atoms with Gasteiger partial charge in [-0.1, -0.05) is 6.07 Å². The first-order valence-electron chi connectivity index (χ1n) is 9.83. The number of non-ortho nitro benzene ring substituents is 1. The number of anilines is 1. The highest BCUT2D eigenvalue weighted by Crippen LogP contribution is 2.23. The van der Waals surface area contributed by atoms with E-state index in [4.69, 9.17) is 13.9 Å². The number of nitro groups is 1. The summed E-state index contributed by atoms with van der Waals surface area (Å²) in [7, 11) is 3.09. The van der Waals surface area contributed by atoms with E-state index in [0.29, 0.717) is 33.8 Å². The van der Waals surface area contributed by atoms with Crippen LogP contribution < -0.4 is 20.3 Å². The largest absolute Gasteiger partial charge is 0.497 e. The Morgan fingerprint density at radius 3 is 2.42 bits per heavy atom. The van der Waals surface area contributed by atoms with E-state index in [1.165, 1.54) is 24.3 Å². The maximum absolute atomic E-state index is 13.1. The molecule has 0 saturated heterocycles. The minimum absolute atomic E-state index is 0.0515. The molecule has 0 atom stereocenters. The van der Waals surface area contributed by atoms with E-state index in [1.54, 1.807) is 62.8 Å². The second-order valence-electron chi connectivity index (χ2n) is 6.94. The molecule has 1 aromatic heterocycles. The van der Waals surface area contributed by atoms with E-state index in [-0.39, 0.29) is 16.8 Å². The molecule has 0 aliphatic rings. The van der Waals surface area contributed by atoms with Crippen LogP contribution in [-0.4, -0.2) is 25.1 Å². The van der Waals surface area contributed by atoms with Gasteiger partial charge in [0.1, 0.15) is 22.6 Å². The molecule has 0 unspecified atom stereocenters. The Morgan fingerprint density at radius 2 is 1.73 bits per heavy atom. The van der Waals surface area contributed by atoms with Gasteiger partial charge < -0.3 is 19.2 Å². The van der Waals surface area contributed by atoms with Crippen molar-refractivity contribution in [3.05, 3.63) is 94.0 Å². The lowest BCUT2D eigenvalue weighted by Crippen LogP contribution is -2.21. The van der Waals surface area contributed by atoms with Crippen LogP contribution >= 0.6 is 0 Å². The van der Waals surface area contributed by atoms with Crippen molar-refractivity contribution in [3.8, 4) is 11.5 Å². The summed E-state index contributed by atoms with van der Waals surface area (Å²) >= 11 is 0. The minimum Gasteiger partial charge on any atom is -0.497 e. The summed E-state index contributed by atoms with van der Waals surface area (Å²) in [5, 5.41) is 14.4. The summed E-state index contributed by atoms with van der Waals surface area (Å²) in [6.07, 6.45) is 0. The standard InChI is InChI=1S/C24H19N3O6/c1-31-19-9-6-16(7-10-19)25-23(28)21-13-15-12-18(27(29)30)8-11-22(15)33-24(21)26-17-4-3-5-20(14-17)32-2/h3-14H,1-2H3,(H,25,28). The Kier molecular flexibility index (Phi) is 6.03. The SMILES string of the molecule is COc1ccc(NC(=O)c2cc3cc([N+](=O)[O-])ccc3oc2=Nc2cccc(OC)c2)cc1. The number of hydrogen-bond acceptors (Lipinski definition) is 7. The molecule has 0 bridgehead atoms. The van der Waals surface area contributed by atoms with Crippen LogP contribution in [0.25, 0.3) is 11.0 Å². The number of carbonyl (C=O) groups excluding carboxylic acids is 1. The van der Waals surface area contributed by atoms with E-state index in [9.17, 15) is 14.9 Å². The third kappa shape index (κ3) is 4.82. The van der Waals surface area contributed by atoms with Gasteiger partial charge in [-0.05, 0) is 48.5 Å². The van der Waals surface area contributed by atoms with E-state index < -0.39 is 10.8 Å². The van der Waals surface area contributed by atoms with Crippen molar-refractivity contribution in [2.75, 3.05) is 19.5 Å². The molecule has 0 aliphatic carbocycles. The number of nitrogens with zero attached hydrogens (tertiary/aromatic N) is 2. The van der Waals surface area contributed by atoms with Gasteiger partial charge in [0.15, 0.2) is 0 Å². The summed E-state index contributed by atoms with van der Waals surface area (Å²) in [5.41, 5.74) is 1.45. The smallest absolute Gasteiger partial charge is 0.270 e. The molecule has 1 N–H and O–H groups in total. The molecule has 3 aromatic carbocycles. The lowest BCUT2D eigenvalue weighted by Gasteiger charge is -2.08. The number of rotatable bonds is 6. The second kappa shape index (κ2) is 9.23. The topological polar surface area (TPSA) is 116 Å². The van der Waals surface area contributed by atoms with Gasteiger partial charge in [0.2, 0.25) is 5.55 Å². The average Bonchev–Trinajstić information content (AvgIpc) is 2.83. The Labute approximate surface area is 188 Å². The molecule has 4 aromatic rings. The summed E-state index contributed by atoms with van der Waals surface area (Å²) in [4.78, 5) is 28.3. The van der Waals surface area contributed by atoms with Crippen LogP contribution in [0.15, 0.2) is 82.2 Å². The molecular weight excluding hydrogens is 426 g/mol. The molecule has 0 saturated carbocycles. The molecule has 1 amide bonds. The van der Waals surface area contributed by atoms with Crippen molar-refractivity contribution >= 4 is 33.9 Å². The molecular formula is C24H19N3O6. The fourth-order valence-corrected chi connectivity index (χ4v) is 3.15. The van der Waals surface area contributed by atoms with Gasteiger partial charge >= 0.3 is 0 Å². The van der Waals surface area contributed by atoms with Crippen LogP contribution in [0.1, 0.15) is 10.4 Å². The maximum Gasteiger partial charge on any atom is 0.270 e. The molecule has 0 aliphatic heterocycles. The predicted octanol–water partition coefficient (Wildman–Crippen LogP) is 4.84. The first kappa shape index (κ1) is 21.6. The van der Waals surface area contributed by atoms with Crippen molar-refractivity contribution in [1.29, 1.82) is 0 Å². The molecule has 0 spiro atoms. The molecule has 4 rings (SSSR count). The quantitative estimate of drug-likeness (QED) is 0.335. The maximum atomic E-state index is 13.1. The fraction of sp³-hybridized carbons (Fsp3) is 0.0833. The number of hydrogen-bond donors (Lipinski definition) is 1. The molecule has 9 nitrogen and oxygen atoms in total. The Bertz CT molecular complexity index is 1410. The van der Waals surface area contributed by atoms with Crippen LogP contribution in [0.5, 0.6) is 11.5 Å². The molecule has 33 heavy (non-hydrogen) atoms. The minimum atomic E-state index is -0.509. The Balaban J connectivity index is 1.84. The Morgan fingerprint density at radius 1 is 0.970 bits per heavy atom. The van der Waals surface area contributed by atoms with Crippen LogP contribution in [0.3, 0.4) is 0 Å². The molecule has 166 valence electrons. The first-order valence-corrected chi connectivity index (χ1v) is 9.83. The number of nitrogens with one attached hydrogen (secondary N) is 1. The van der Waals surface area contributed by atoms with Gasteiger partial charge in [-0.2, -0.15) is 0 Å². The van der Waals surface area contributed by atoms with E-state index in [1.807, 2.05) is 0 Å². The second-order valence-corrected chi connectivity index (χ2v) is 6.94. The van der Waals surface area contributed by atoms with Crippen LogP contribution in [0.4, 0.5) is 17.1 Å². The lowest BCUT2D eigenvalue weighted by molar-refractivity contribution is -0.384. The van der Waals surface area contributed by atoms with Crippen molar-refractivity contribution in [1.82, 2.24) is 0 Å². The van der Waals surface area contributed by atoms with Crippen molar-refractivity contribution in [2.24, 2.45) is 4.99 Å². The van der Waals surface area contributed by atoms with Gasteiger partial charge in [0.25, 0.3) is 11.6 Å². The van der Waals surface area contributed by atoms with Gasteiger partial charge in [-0.3, -0.25) is 14.9 Å². The van der Waals surface area contributed by atoms with Crippen molar-refractivity contribution in [2.45, 2.75) is 0 Å². The van der Waals surface area contributed by atoms with Gasteiger partial charge in [-0.15, -0.1) is 0 Å². The molecule has 0 radical (unpaired) electrons. The monoisotopic (exact) mass is 445 g/mol. The van der Waals surface area contributed by atoms with E-state index in [0.717, 1.165) is 0 Å². The number of carbonyl (C=O) groups is 1. The third-order valence-electron chi connectivity index (χ3n) is 4.82. The zero-order chi connectivity index (χ0) is 23.4. The number of benzene rings is 3. The van der Waals surface area contributed by atoms with Crippen LogP contribution in [-0.2, 0) is 0 Å². The third-order valence-corrected chi connectivity index (χ3v) is 4.82. The molecule has 1 heterocycles. The van der Waals surface area contributed by atoms with Crippen LogP contribution in [0, 0.1) is 10.1 Å². The highest BCUT2D eigenvalue weighted by atomic mass is 16.6. The lowest BCUT2D eigenvalue weighted by atomic mass is 10.1. The van der Waals surface area contributed by atoms with Gasteiger partial charge in [0.05, 0.1) is 24.8 Å². The number of nitro benzene ring substituents is 1. The number of amides is 1. The fourth-order valence-electron chi connectivity index (χ4n) is 3.15. The molecule has 9 heteroatoms. The average molecular weight is 445 g/mol. The first-order chi connectivity index (χ1) is 16.0. The number of ether oxygens (including phenoxy) is 2. The molecule has 0 fully saturated rings.